The van der Waals surface area contributed by atoms with Gasteiger partial charge in [0.25, 0.3) is 0 Å². The summed E-state index contributed by atoms with van der Waals surface area (Å²) in [7, 11) is -3.32. The minimum atomic E-state index is -3.32. The molecule has 4 nitrogen and oxygen atoms in total. The third kappa shape index (κ3) is 3.93. The fourth-order valence-corrected chi connectivity index (χ4v) is 3.42. The molecule has 0 aromatic heterocycles. The van der Waals surface area contributed by atoms with Crippen molar-refractivity contribution in [1.29, 1.82) is 0 Å². The Labute approximate surface area is 117 Å². The number of carboxylic acids is 1. The molecule has 0 saturated heterocycles. The summed E-state index contributed by atoms with van der Waals surface area (Å²) in [6.45, 7) is 0. The Kier molecular flexibility index (Phi) is 4.20. The average molecular weight is 290 g/mol. The number of hydrogen-bond acceptors (Lipinski definition) is 3. The van der Waals surface area contributed by atoms with Crippen LogP contribution in [0, 0.1) is 0 Å². The highest BCUT2D eigenvalue weighted by Gasteiger charge is 2.14. The Morgan fingerprint density at radius 2 is 1.50 bits per heavy atom. The third-order valence-corrected chi connectivity index (χ3v) is 4.34. The maximum Gasteiger partial charge on any atom is 0.335 e. The van der Waals surface area contributed by atoms with Gasteiger partial charge in [-0.05, 0) is 23.3 Å². The molecule has 0 saturated carbocycles. The Morgan fingerprint density at radius 1 is 0.900 bits per heavy atom. The van der Waals surface area contributed by atoms with Crippen LogP contribution in [0.1, 0.15) is 21.5 Å². The van der Waals surface area contributed by atoms with Crippen molar-refractivity contribution in [2.24, 2.45) is 0 Å². The zero-order valence-electron chi connectivity index (χ0n) is 10.7. The van der Waals surface area contributed by atoms with Gasteiger partial charge in [-0.2, -0.15) is 0 Å². The summed E-state index contributed by atoms with van der Waals surface area (Å²) in [6, 6.07) is 14.9. The molecule has 0 amide bonds. The van der Waals surface area contributed by atoms with Crippen LogP contribution in [0.15, 0.2) is 54.6 Å². The molecule has 0 aliphatic rings. The van der Waals surface area contributed by atoms with E-state index in [1.165, 1.54) is 12.1 Å². The number of carboxylic acid groups (broad SMARTS) is 1. The lowest BCUT2D eigenvalue weighted by atomic mass is 10.1. The summed E-state index contributed by atoms with van der Waals surface area (Å²) >= 11 is 0. The Morgan fingerprint density at radius 3 is 2.15 bits per heavy atom. The predicted octanol–water partition coefficient (Wildman–Crippen LogP) is 2.50. The van der Waals surface area contributed by atoms with Crippen molar-refractivity contribution in [1.82, 2.24) is 0 Å². The van der Waals surface area contributed by atoms with E-state index in [2.05, 4.69) is 0 Å². The van der Waals surface area contributed by atoms with Crippen molar-refractivity contribution >= 4 is 15.8 Å². The predicted molar refractivity (Wildman–Crippen MR) is 76.2 cm³/mol. The molecule has 0 spiro atoms. The summed E-state index contributed by atoms with van der Waals surface area (Å²) in [5, 5.41) is 8.89. The first-order chi connectivity index (χ1) is 9.46. The number of benzene rings is 2. The molecule has 1 N–H and O–H groups in total. The minimum absolute atomic E-state index is 0.0505. The van der Waals surface area contributed by atoms with Gasteiger partial charge in [0.2, 0.25) is 0 Å². The summed E-state index contributed by atoms with van der Waals surface area (Å²) in [4.78, 5) is 10.9. The molecule has 0 aliphatic heterocycles. The summed E-state index contributed by atoms with van der Waals surface area (Å²) < 4.78 is 24.2. The molecule has 0 bridgehead atoms. The van der Waals surface area contributed by atoms with Gasteiger partial charge in [0.05, 0.1) is 17.1 Å². The quantitative estimate of drug-likeness (QED) is 0.918. The largest absolute Gasteiger partial charge is 0.478 e. The van der Waals surface area contributed by atoms with Gasteiger partial charge >= 0.3 is 5.97 Å². The first-order valence-corrected chi connectivity index (χ1v) is 7.85. The summed E-state index contributed by atoms with van der Waals surface area (Å²) in [6.07, 6.45) is 0. The van der Waals surface area contributed by atoms with Crippen molar-refractivity contribution in [2.45, 2.75) is 11.5 Å². The molecular formula is C15H14O4S. The van der Waals surface area contributed by atoms with Crippen molar-refractivity contribution < 1.29 is 18.3 Å². The van der Waals surface area contributed by atoms with Crippen molar-refractivity contribution in [3.63, 3.8) is 0 Å². The standard InChI is InChI=1S/C15H14O4S/c16-15(17)14-8-4-7-13(9-14)11-20(18,19)10-12-5-2-1-3-6-12/h1-9H,10-11H2,(H,16,17). The Hall–Kier alpha value is -2.14. The van der Waals surface area contributed by atoms with Gasteiger partial charge in [0, 0.05) is 0 Å². The fourth-order valence-electron chi connectivity index (χ4n) is 1.93. The maximum atomic E-state index is 12.1. The van der Waals surface area contributed by atoms with Crippen LogP contribution in [0.25, 0.3) is 0 Å². The smallest absolute Gasteiger partial charge is 0.335 e. The second-order valence-electron chi connectivity index (χ2n) is 4.52. The van der Waals surface area contributed by atoms with E-state index in [9.17, 15) is 13.2 Å². The first-order valence-electron chi connectivity index (χ1n) is 6.03. The molecular weight excluding hydrogens is 276 g/mol. The molecule has 104 valence electrons. The van der Waals surface area contributed by atoms with Gasteiger partial charge < -0.3 is 5.11 Å². The van der Waals surface area contributed by atoms with Gasteiger partial charge in [0.1, 0.15) is 0 Å². The molecule has 0 atom stereocenters. The maximum absolute atomic E-state index is 12.1. The highest BCUT2D eigenvalue weighted by Crippen LogP contribution is 2.14. The van der Waals surface area contributed by atoms with Crippen LogP contribution in [0.3, 0.4) is 0 Å². The van der Waals surface area contributed by atoms with E-state index in [4.69, 9.17) is 5.11 Å². The number of sulfone groups is 1. The lowest BCUT2D eigenvalue weighted by Gasteiger charge is -2.05. The Bertz CT molecular complexity index is 706. The van der Waals surface area contributed by atoms with Crippen molar-refractivity contribution in [3.05, 3.63) is 71.3 Å². The zero-order chi connectivity index (χ0) is 14.6. The number of carbonyl (C=O) groups is 1. The van der Waals surface area contributed by atoms with E-state index in [0.29, 0.717) is 5.56 Å². The lowest BCUT2D eigenvalue weighted by Crippen LogP contribution is -2.08. The van der Waals surface area contributed by atoms with Gasteiger partial charge in [-0.25, -0.2) is 13.2 Å². The molecule has 5 heteroatoms. The van der Waals surface area contributed by atoms with E-state index in [-0.39, 0.29) is 17.1 Å². The average Bonchev–Trinajstić information content (AvgIpc) is 2.39. The molecule has 0 heterocycles. The molecule has 0 unspecified atom stereocenters. The molecule has 0 aliphatic carbocycles. The van der Waals surface area contributed by atoms with E-state index in [0.717, 1.165) is 5.56 Å². The van der Waals surface area contributed by atoms with Gasteiger partial charge in [-0.3, -0.25) is 0 Å². The summed E-state index contributed by atoms with van der Waals surface area (Å²) in [5.41, 5.74) is 1.31. The molecule has 0 fully saturated rings. The van der Waals surface area contributed by atoms with E-state index < -0.39 is 15.8 Å². The highest BCUT2D eigenvalue weighted by atomic mass is 32.2. The highest BCUT2D eigenvalue weighted by molar-refractivity contribution is 7.89. The first kappa shape index (κ1) is 14.3. The number of rotatable bonds is 5. The number of hydrogen-bond donors (Lipinski definition) is 1. The van der Waals surface area contributed by atoms with Gasteiger partial charge in [-0.15, -0.1) is 0 Å². The van der Waals surface area contributed by atoms with Crippen LogP contribution >= 0.6 is 0 Å². The monoisotopic (exact) mass is 290 g/mol. The fraction of sp³-hybridized carbons (Fsp3) is 0.133. The second kappa shape index (κ2) is 5.88. The van der Waals surface area contributed by atoms with Gasteiger partial charge in [0.15, 0.2) is 9.84 Å². The molecule has 2 aromatic rings. The molecule has 20 heavy (non-hydrogen) atoms. The topological polar surface area (TPSA) is 71.4 Å². The SMILES string of the molecule is O=C(O)c1cccc(CS(=O)(=O)Cc2ccccc2)c1. The molecule has 0 radical (unpaired) electrons. The second-order valence-corrected chi connectivity index (χ2v) is 6.59. The van der Waals surface area contributed by atoms with E-state index in [1.807, 2.05) is 6.07 Å². The van der Waals surface area contributed by atoms with Crippen LogP contribution in [0.4, 0.5) is 0 Å². The van der Waals surface area contributed by atoms with Crippen LogP contribution in [-0.2, 0) is 21.3 Å². The van der Waals surface area contributed by atoms with Crippen molar-refractivity contribution in [2.75, 3.05) is 0 Å². The molecule has 2 aromatic carbocycles. The lowest BCUT2D eigenvalue weighted by molar-refractivity contribution is 0.0696. The van der Waals surface area contributed by atoms with Crippen LogP contribution in [-0.4, -0.2) is 19.5 Å². The number of aromatic carboxylic acids is 1. The van der Waals surface area contributed by atoms with Crippen molar-refractivity contribution in [3.8, 4) is 0 Å². The van der Waals surface area contributed by atoms with E-state index >= 15 is 0 Å². The minimum Gasteiger partial charge on any atom is -0.478 e. The van der Waals surface area contributed by atoms with Gasteiger partial charge in [-0.1, -0.05) is 42.5 Å². The van der Waals surface area contributed by atoms with Crippen LogP contribution < -0.4 is 0 Å². The van der Waals surface area contributed by atoms with E-state index in [1.54, 1.807) is 36.4 Å². The normalized spacial score (nSPS) is 11.2. The third-order valence-electron chi connectivity index (χ3n) is 2.79. The van der Waals surface area contributed by atoms with Crippen LogP contribution in [0.2, 0.25) is 0 Å². The van der Waals surface area contributed by atoms with Crippen LogP contribution in [0.5, 0.6) is 0 Å². The zero-order valence-corrected chi connectivity index (χ0v) is 11.5. The molecule has 2 rings (SSSR count). The Balaban J connectivity index is 2.16. The summed E-state index contributed by atoms with van der Waals surface area (Å²) in [5.74, 6) is -1.28.